The second-order valence-electron chi connectivity index (χ2n) is 8.90. The van der Waals surface area contributed by atoms with Gasteiger partial charge in [0, 0.05) is 6.20 Å². The molecule has 1 aromatic carbocycles. The van der Waals surface area contributed by atoms with Crippen molar-refractivity contribution in [2.75, 3.05) is 7.11 Å². The van der Waals surface area contributed by atoms with Gasteiger partial charge in [0.1, 0.15) is 42.1 Å². The lowest BCUT2D eigenvalue weighted by molar-refractivity contribution is -0.221. The van der Waals surface area contributed by atoms with Crippen molar-refractivity contribution in [1.82, 2.24) is 14.5 Å². The fourth-order valence-corrected chi connectivity index (χ4v) is 4.95. The van der Waals surface area contributed by atoms with Gasteiger partial charge >= 0.3 is 0 Å². The van der Waals surface area contributed by atoms with E-state index in [-0.39, 0.29) is 10.9 Å². The molecule has 4 heterocycles. The maximum Gasteiger partial charge on any atom is 0.206 e. The van der Waals surface area contributed by atoms with Crippen molar-refractivity contribution in [2.45, 2.75) is 56.7 Å². The maximum absolute atomic E-state index is 15.0. The van der Waals surface area contributed by atoms with E-state index >= 15 is 4.39 Å². The number of benzene rings is 1. The fourth-order valence-electron chi connectivity index (χ4n) is 4.66. The quantitative estimate of drug-likeness (QED) is 0.517. The van der Waals surface area contributed by atoms with E-state index in [1.54, 1.807) is 43.5 Å². The Balaban J connectivity index is 1.61. The molecule has 9 nitrogen and oxygen atoms in total. The van der Waals surface area contributed by atoms with Crippen LogP contribution >= 0.6 is 23.2 Å². The number of ether oxygens (including phenoxy) is 3. The molecule has 0 bridgehead atoms. The van der Waals surface area contributed by atoms with Gasteiger partial charge in [-0.2, -0.15) is 0 Å². The second kappa shape index (κ2) is 8.18. The molecule has 2 aromatic heterocycles. The molecule has 12 heteroatoms. The number of rotatable bonds is 4. The minimum absolute atomic E-state index is 0.0744. The third kappa shape index (κ3) is 3.69. The lowest BCUT2D eigenvalue weighted by Crippen LogP contribution is -2.45. The van der Waals surface area contributed by atoms with Crippen LogP contribution in [0.3, 0.4) is 0 Å². The van der Waals surface area contributed by atoms with Gasteiger partial charge in [0.2, 0.25) is 5.49 Å². The number of H-pyrrole nitrogens is 1. The number of fused-ring (bicyclic) bond motifs is 2. The van der Waals surface area contributed by atoms with Crippen LogP contribution in [-0.2, 0) is 24.6 Å². The van der Waals surface area contributed by atoms with Crippen molar-refractivity contribution in [2.24, 2.45) is 5.16 Å². The molecule has 5 rings (SSSR count). The predicted molar refractivity (Wildman–Crippen MR) is 120 cm³/mol. The van der Waals surface area contributed by atoms with Crippen molar-refractivity contribution in [3.05, 3.63) is 57.6 Å². The van der Waals surface area contributed by atoms with E-state index in [2.05, 4.69) is 15.1 Å². The number of aromatic amines is 1. The zero-order valence-corrected chi connectivity index (χ0v) is 20.3. The summed E-state index contributed by atoms with van der Waals surface area (Å²) in [6.07, 6.45) is -0.408. The number of nitrogens with zero attached hydrogens (tertiary/aromatic N) is 3. The van der Waals surface area contributed by atoms with Crippen LogP contribution in [0.1, 0.15) is 32.6 Å². The average molecular weight is 513 g/mol. The van der Waals surface area contributed by atoms with Gasteiger partial charge in [-0.15, -0.1) is 0 Å². The van der Waals surface area contributed by atoms with Crippen LogP contribution in [0.4, 0.5) is 4.39 Å². The Morgan fingerprint density at radius 3 is 2.71 bits per heavy atom. The molecular weight excluding hydrogens is 490 g/mol. The first-order chi connectivity index (χ1) is 16.0. The van der Waals surface area contributed by atoms with Gasteiger partial charge < -0.3 is 33.7 Å². The van der Waals surface area contributed by atoms with E-state index in [4.69, 9.17) is 42.3 Å². The fraction of sp³-hybridized carbons (Fsp3) is 0.455. The van der Waals surface area contributed by atoms with Crippen molar-refractivity contribution >= 4 is 34.2 Å². The molecule has 1 unspecified atom stereocenters. The van der Waals surface area contributed by atoms with Crippen LogP contribution < -0.4 is 5.49 Å². The normalized spacial score (nSPS) is 28.3. The first-order valence-corrected chi connectivity index (χ1v) is 11.3. The summed E-state index contributed by atoms with van der Waals surface area (Å²) in [5.41, 5.74) is -0.625. The number of aliphatic hydroxyl groups is 1. The lowest BCUT2D eigenvalue weighted by atomic mass is 9.87. The molecule has 2 aliphatic heterocycles. The van der Waals surface area contributed by atoms with Crippen molar-refractivity contribution in [3.8, 4) is 0 Å². The molecule has 2 saturated heterocycles. The Labute approximate surface area is 204 Å². The summed E-state index contributed by atoms with van der Waals surface area (Å²) in [5.74, 6) is -1.53. The highest BCUT2D eigenvalue weighted by Gasteiger charge is 2.61. The zero-order valence-electron chi connectivity index (χ0n) is 18.8. The summed E-state index contributed by atoms with van der Waals surface area (Å²) < 4.78 is 35.2. The van der Waals surface area contributed by atoms with E-state index in [1.165, 1.54) is 19.6 Å². The Morgan fingerprint density at radius 2 is 2.00 bits per heavy atom. The van der Waals surface area contributed by atoms with Crippen LogP contribution in [-0.4, -0.2) is 50.9 Å². The highest BCUT2D eigenvalue weighted by atomic mass is 35.5. The van der Waals surface area contributed by atoms with E-state index in [0.29, 0.717) is 21.3 Å². The molecule has 0 saturated carbocycles. The van der Waals surface area contributed by atoms with E-state index < -0.39 is 41.7 Å². The molecule has 3 aromatic rings. The van der Waals surface area contributed by atoms with Crippen molar-refractivity contribution in [3.63, 3.8) is 0 Å². The molecule has 2 aliphatic rings. The van der Waals surface area contributed by atoms with Crippen LogP contribution in [0, 0.1) is 5.82 Å². The first-order valence-electron chi connectivity index (χ1n) is 10.5. The zero-order chi connectivity index (χ0) is 24.4. The average Bonchev–Trinajstić information content (AvgIpc) is 3.38. The molecule has 2 N–H and O–H groups in total. The molecule has 0 radical (unpaired) electrons. The topological polar surface area (TPSA) is 103 Å². The SMILES string of the molecule is CO/N=c1\nc[nH]c2c1c(F)cn2[C@@H]1O[C@H](C(C)(O)c2ccc(Cl)c(Cl)c2)[C@H]2OC(C)(C)O[C@H]21. The number of hydrogen-bond acceptors (Lipinski definition) is 7. The standard InChI is InChI=1S/C22H23Cl2FN4O5/c1-21(2)33-15-16(34-21)20(29-8-13(25)14-18(28-31-4)26-9-27-19(14)29)32-17(15)22(3,30)10-5-6-11(23)12(24)7-10/h5-9,15-17,20,30H,1-4H3,(H,26,27,28)/t15-,16+,17-,20+,22?/m0/s1. The number of aromatic nitrogens is 3. The van der Waals surface area contributed by atoms with Crippen LogP contribution in [0.2, 0.25) is 10.0 Å². The van der Waals surface area contributed by atoms with Crippen LogP contribution in [0.25, 0.3) is 11.0 Å². The van der Waals surface area contributed by atoms with E-state index in [0.717, 1.165) is 0 Å². The summed E-state index contributed by atoms with van der Waals surface area (Å²) in [7, 11) is 1.35. The Morgan fingerprint density at radius 1 is 1.26 bits per heavy atom. The van der Waals surface area contributed by atoms with Gasteiger partial charge in [-0.05, 0) is 38.5 Å². The van der Waals surface area contributed by atoms with Gasteiger partial charge in [-0.1, -0.05) is 34.4 Å². The summed E-state index contributed by atoms with van der Waals surface area (Å²) in [5, 5.41) is 16.2. The minimum atomic E-state index is -1.54. The van der Waals surface area contributed by atoms with Gasteiger partial charge in [-0.3, -0.25) is 0 Å². The molecule has 34 heavy (non-hydrogen) atoms. The largest absolute Gasteiger partial charge is 0.397 e. The van der Waals surface area contributed by atoms with Crippen molar-refractivity contribution < 1.29 is 28.5 Å². The van der Waals surface area contributed by atoms with Crippen molar-refractivity contribution in [1.29, 1.82) is 0 Å². The molecule has 0 amide bonds. The highest BCUT2D eigenvalue weighted by molar-refractivity contribution is 6.42. The molecule has 0 spiro atoms. The lowest BCUT2D eigenvalue weighted by Gasteiger charge is -2.34. The summed E-state index contributed by atoms with van der Waals surface area (Å²) >= 11 is 12.3. The van der Waals surface area contributed by atoms with Crippen LogP contribution in [0.15, 0.2) is 35.9 Å². The Hall–Kier alpha value is -2.21. The summed E-state index contributed by atoms with van der Waals surface area (Å²) in [6, 6.07) is 4.86. The highest BCUT2D eigenvalue weighted by Crippen LogP contribution is 2.49. The summed E-state index contributed by atoms with van der Waals surface area (Å²) in [6.45, 7) is 5.14. The van der Waals surface area contributed by atoms with Gasteiger partial charge in [0.25, 0.3) is 0 Å². The third-order valence-corrected chi connectivity index (χ3v) is 6.88. The Bertz CT molecular complexity index is 1320. The number of halogens is 3. The Kier molecular flexibility index (Phi) is 5.66. The molecule has 0 aliphatic carbocycles. The molecule has 182 valence electrons. The van der Waals surface area contributed by atoms with Crippen LogP contribution in [0.5, 0.6) is 0 Å². The smallest absolute Gasteiger partial charge is 0.206 e. The number of hydrogen-bond donors (Lipinski definition) is 2. The predicted octanol–water partition coefficient (Wildman–Crippen LogP) is 3.60. The number of nitrogens with one attached hydrogen (secondary N) is 1. The molecule has 2 fully saturated rings. The maximum atomic E-state index is 15.0. The second-order valence-corrected chi connectivity index (χ2v) is 9.71. The summed E-state index contributed by atoms with van der Waals surface area (Å²) in [4.78, 5) is 11.8. The molecule has 5 atom stereocenters. The van der Waals surface area contributed by atoms with E-state index in [9.17, 15) is 5.11 Å². The van der Waals surface area contributed by atoms with E-state index in [1.807, 2.05) is 0 Å². The van der Waals surface area contributed by atoms with Gasteiger partial charge in [0.05, 0.1) is 16.4 Å². The van der Waals surface area contributed by atoms with Gasteiger partial charge in [-0.25, -0.2) is 9.37 Å². The first kappa shape index (κ1) is 23.5. The minimum Gasteiger partial charge on any atom is -0.397 e. The van der Waals surface area contributed by atoms with Gasteiger partial charge in [0.15, 0.2) is 17.8 Å². The monoisotopic (exact) mass is 512 g/mol. The third-order valence-electron chi connectivity index (χ3n) is 6.14. The molecular formula is C22H23Cl2FN4O5.